The molecule has 0 fully saturated rings. The van der Waals surface area contributed by atoms with E-state index < -0.39 is 0 Å². The highest BCUT2D eigenvalue weighted by Gasteiger charge is 2.07. The lowest BCUT2D eigenvalue weighted by Crippen LogP contribution is -2.22. The minimum absolute atomic E-state index is 0.497. The first-order valence-electron chi connectivity index (χ1n) is 6.81. The molecule has 20 heavy (non-hydrogen) atoms. The van der Waals surface area contributed by atoms with Crippen molar-refractivity contribution >= 4 is 27.7 Å². The lowest BCUT2D eigenvalue weighted by molar-refractivity contribution is 0.584. The summed E-state index contributed by atoms with van der Waals surface area (Å²) in [5, 5.41) is 3.50. The van der Waals surface area contributed by atoms with Gasteiger partial charge in [0.05, 0.1) is 0 Å². The molecule has 0 amide bonds. The number of aryl methyl sites for hydroxylation is 1. The molecule has 0 unspecified atom stereocenters. The van der Waals surface area contributed by atoms with Crippen LogP contribution in [0.15, 0.2) is 56.7 Å². The molecule has 0 atom stereocenters. The van der Waals surface area contributed by atoms with Gasteiger partial charge in [-0.3, -0.25) is 0 Å². The SMILES string of the molecule is Cc1ccc(Sc2ccccc2Br)c(CNC(C)C)c1. The van der Waals surface area contributed by atoms with Crippen LogP contribution in [0.25, 0.3) is 0 Å². The van der Waals surface area contributed by atoms with Gasteiger partial charge in [0, 0.05) is 26.9 Å². The van der Waals surface area contributed by atoms with Gasteiger partial charge in [-0.05, 0) is 46.6 Å². The Balaban J connectivity index is 2.24. The quantitative estimate of drug-likeness (QED) is 0.774. The van der Waals surface area contributed by atoms with Crippen LogP contribution in [0.1, 0.15) is 25.0 Å². The lowest BCUT2D eigenvalue weighted by Gasteiger charge is -2.14. The highest BCUT2D eigenvalue weighted by Crippen LogP contribution is 2.35. The average Bonchev–Trinajstić information content (AvgIpc) is 2.41. The first kappa shape index (κ1) is 15.6. The molecule has 0 heterocycles. The molecule has 2 rings (SSSR count). The van der Waals surface area contributed by atoms with E-state index in [4.69, 9.17) is 0 Å². The van der Waals surface area contributed by atoms with Crippen LogP contribution >= 0.6 is 27.7 Å². The van der Waals surface area contributed by atoms with Gasteiger partial charge in [0.1, 0.15) is 0 Å². The lowest BCUT2D eigenvalue weighted by atomic mass is 10.1. The topological polar surface area (TPSA) is 12.0 Å². The highest BCUT2D eigenvalue weighted by atomic mass is 79.9. The Morgan fingerprint density at radius 1 is 1.10 bits per heavy atom. The second-order valence-corrected chi connectivity index (χ2v) is 7.12. The molecule has 2 aromatic rings. The van der Waals surface area contributed by atoms with Gasteiger partial charge in [0.2, 0.25) is 0 Å². The van der Waals surface area contributed by atoms with E-state index in [2.05, 4.69) is 78.4 Å². The molecule has 0 spiro atoms. The summed E-state index contributed by atoms with van der Waals surface area (Å²) >= 11 is 5.43. The second-order valence-electron chi connectivity index (χ2n) is 5.18. The summed E-state index contributed by atoms with van der Waals surface area (Å²) in [6, 6.07) is 15.5. The van der Waals surface area contributed by atoms with Gasteiger partial charge in [0.15, 0.2) is 0 Å². The Labute approximate surface area is 134 Å². The zero-order valence-electron chi connectivity index (χ0n) is 12.1. The smallest absolute Gasteiger partial charge is 0.0314 e. The van der Waals surface area contributed by atoms with Crippen molar-refractivity contribution < 1.29 is 0 Å². The van der Waals surface area contributed by atoms with Crippen molar-refractivity contribution in [3.63, 3.8) is 0 Å². The maximum atomic E-state index is 3.62. The van der Waals surface area contributed by atoms with Gasteiger partial charge < -0.3 is 5.32 Å². The Morgan fingerprint density at radius 3 is 2.55 bits per heavy atom. The van der Waals surface area contributed by atoms with Crippen molar-refractivity contribution in [3.05, 3.63) is 58.1 Å². The van der Waals surface area contributed by atoms with Crippen LogP contribution < -0.4 is 5.32 Å². The summed E-state index contributed by atoms with van der Waals surface area (Å²) in [4.78, 5) is 2.57. The number of nitrogens with one attached hydrogen (secondary N) is 1. The molecule has 1 nitrogen and oxygen atoms in total. The molecular weight excluding hydrogens is 330 g/mol. The summed E-state index contributed by atoms with van der Waals surface area (Å²) in [5.74, 6) is 0. The highest BCUT2D eigenvalue weighted by molar-refractivity contribution is 9.10. The van der Waals surface area contributed by atoms with Gasteiger partial charge in [-0.25, -0.2) is 0 Å². The fraction of sp³-hybridized carbons (Fsp3) is 0.294. The Morgan fingerprint density at radius 2 is 1.85 bits per heavy atom. The summed E-state index contributed by atoms with van der Waals surface area (Å²) in [7, 11) is 0. The van der Waals surface area contributed by atoms with Crippen molar-refractivity contribution in [2.24, 2.45) is 0 Å². The van der Waals surface area contributed by atoms with Gasteiger partial charge in [-0.15, -0.1) is 0 Å². The van der Waals surface area contributed by atoms with E-state index in [1.54, 1.807) is 0 Å². The van der Waals surface area contributed by atoms with Crippen LogP contribution in [-0.4, -0.2) is 6.04 Å². The maximum absolute atomic E-state index is 3.62. The zero-order chi connectivity index (χ0) is 14.5. The van der Waals surface area contributed by atoms with Crippen LogP contribution in [0, 0.1) is 6.92 Å². The molecular formula is C17H20BrNS. The van der Waals surface area contributed by atoms with Crippen molar-refractivity contribution in [2.75, 3.05) is 0 Å². The average molecular weight is 350 g/mol. The Bertz CT molecular complexity index is 581. The standard InChI is InChI=1S/C17H20BrNS/c1-12(2)19-11-14-10-13(3)8-9-16(14)20-17-7-5-4-6-15(17)18/h4-10,12,19H,11H2,1-3H3. The molecule has 0 aliphatic carbocycles. The zero-order valence-corrected chi connectivity index (χ0v) is 14.5. The van der Waals surface area contributed by atoms with Gasteiger partial charge in [-0.1, -0.05) is 55.4 Å². The van der Waals surface area contributed by atoms with Gasteiger partial charge in [0.25, 0.3) is 0 Å². The molecule has 0 aliphatic rings. The summed E-state index contributed by atoms with van der Waals surface area (Å²) < 4.78 is 1.15. The molecule has 0 saturated heterocycles. The predicted molar refractivity (Wildman–Crippen MR) is 91.4 cm³/mol. The normalized spacial score (nSPS) is 11.1. The summed E-state index contributed by atoms with van der Waals surface area (Å²) in [6.45, 7) is 7.41. The van der Waals surface area contributed by atoms with Crippen LogP contribution in [-0.2, 0) is 6.54 Å². The molecule has 0 saturated carbocycles. The minimum atomic E-state index is 0.497. The molecule has 3 heteroatoms. The molecule has 0 bridgehead atoms. The number of halogens is 1. The maximum Gasteiger partial charge on any atom is 0.0314 e. The first-order valence-corrected chi connectivity index (χ1v) is 8.42. The minimum Gasteiger partial charge on any atom is -0.310 e. The fourth-order valence-electron chi connectivity index (χ4n) is 1.91. The number of rotatable bonds is 5. The molecule has 1 N–H and O–H groups in total. The predicted octanol–water partition coefficient (Wildman–Crippen LogP) is 5.41. The van der Waals surface area contributed by atoms with E-state index in [0.29, 0.717) is 6.04 Å². The number of benzene rings is 2. The molecule has 0 aliphatic heterocycles. The molecule has 106 valence electrons. The Kier molecular flexibility index (Phi) is 5.70. The van der Waals surface area contributed by atoms with E-state index in [1.165, 1.54) is 20.9 Å². The fourth-order valence-corrected chi connectivity index (χ4v) is 3.38. The van der Waals surface area contributed by atoms with E-state index in [1.807, 2.05) is 17.8 Å². The number of hydrogen-bond donors (Lipinski definition) is 1. The molecule has 0 radical (unpaired) electrons. The van der Waals surface area contributed by atoms with E-state index in [9.17, 15) is 0 Å². The van der Waals surface area contributed by atoms with Crippen molar-refractivity contribution in [3.8, 4) is 0 Å². The van der Waals surface area contributed by atoms with Crippen LogP contribution in [0.2, 0.25) is 0 Å². The first-order chi connectivity index (χ1) is 9.56. The van der Waals surface area contributed by atoms with Crippen molar-refractivity contribution in [1.82, 2.24) is 5.32 Å². The largest absolute Gasteiger partial charge is 0.310 e. The third kappa shape index (κ3) is 4.37. The third-order valence-corrected chi connectivity index (χ3v) is 5.12. The van der Waals surface area contributed by atoms with E-state index in [-0.39, 0.29) is 0 Å². The third-order valence-electron chi connectivity index (χ3n) is 2.97. The van der Waals surface area contributed by atoms with Gasteiger partial charge in [-0.2, -0.15) is 0 Å². The van der Waals surface area contributed by atoms with Gasteiger partial charge >= 0.3 is 0 Å². The van der Waals surface area contributed by atoms with Crippen molar-refractivity contribution in [2.45, 2.75) is 43.1 Å². The van der Waals surface area contributed by atoms with Crippen molar-refractivity contribution in [1.29, 1.82) is 0 Å². The molecule has 0 aromatic heterocycles. The monoisotopic (exact) mass is 349 g/mol. The Hall–Kier alpha value is -0.770. The number of hydrogen-bond acceptors (Lipinski definition) is 2. The molecule has 2 aromatic carbocycles. The van der Waals surface area contributed by atoms with Crippen LogP contribution in [0.3, 0.4) is 0 Å². The van der Waals surface area contributed by atoms with Crippen LogP contribution in [0.5, 0.6) is 0 Å². The van der Waals surface area contributed by atoms with E-state index >= 15 is 0 Å². The summed E-state index contributed by atoms with van der Waals surface area (Å²) in [6.07, 6.45) is 0. The van der Waals surface area contributed by atoms with Crippen LogP contribution in [0.4, 0.5) is 0 Å². The summed E-state index contributed by atoms with van der Waals surface area (Å²) in [5.41, 5.74) is 2.67. The second kappa shape index (κ2) is 7.30. The van der Waals surface area contributed by atoms with E-state index in [0.717, 1.165) is 11.0 Å².